The minimum atomic E-state index is -1.07. The number of benzene rings is 2. The standard InChI is InChI=1S/C22H21NO4/c1-26-20-13-19(23-14-18(20)22(24)25)21(12-16-8-4-2-5-9-16)27-15-17-10-6-3-7-11-17/h2-11,13-14,21H,12,15H2,1H3,(H,24,25). The molecule has 1 aromatic heterocycles. The van der Waals surface area contributed by atoms with Crippen LogP contribution in [0.2, 0.25) is 0 Å². The Kier molecular flexibility index (Phi) is 6.18. The number of ether oxygens (including phenoxy) is 2. The number of carboxylic acids is 1. The molecule has 5 nitrogen and oxygen atoms in total. The lowest BCUT2D eigenvalue weighted by Crippen LogP contribution is -2.12. The van der Waals surface area contributed by atoms with E-state index in [9.17, 15) is 9.90 Å². The van der Waals surface area contributed by atoms with E-state index in [0.29, 0.717) is 18.7 Å². The van der Waals surface area contributed by atoms with E-state index in [1.807, 2.05) is 60.7 Å². The Morgan fingerprint density at radius 3 is 2.26 bits per heavy atom. The highest BCUT2D eigenvalue weighted by Crippen LogP contribution is 2.27. The molecule has 0 amide bonds. The van der Waals surface area contributed by atoms with E-state index in [2.05, 4.69) is 4.98 Å². The van der Waals surface area contributed by atoms with Gasteiger partial charge in [-0.2, -0.15) is 0 Å². The maximum absolute atomic E-state index is 11.3. The normalized spacial score (nSPS) is 11.7. The van der Waals surface area contributed by atoms with Crippen LogP contribution in [0.3, 0.4) is 0 Å². The van der Waals surface area contributed by atoms with Crippen molar-refractivity contribution in [3.05, 3.63) is 95.3 Å². The van der Waals surface area contributed by atoms with Gasteiger partial charge in [-0.25, -0.2) is 4.79 Å². The smallest absolute Gasteiger partial charge is 0.341 e. The Labute approximate surface area is 158 Å². The Morgan fingerprint density at radius 2 is 1.67 bits per heavy atom. The summed E-state index contributed by atoms with van der Waals surface area (Å²) in [6.07, 6.45) is 1.61. The van der Waals surface area contributed by atoms with Crippen LogP contribution in [0.15, 0.2) is 72.9 Å². The van der Waals surface area contributed by atoms with Gasteiger partial charge >= 0.3 is 5.97 Å². The molecule has 3 aromatic rings. The van der Waals surface area contributed by atoms with Crippen molar-refractivity contribution < 1.29 is 19.4 Å². The maximum Gasteiger partial charge on any atom is 0.341 e. The van der Waals surface area contributed by atoms with Crippen LogP contribution < -0.4 is 4.74 Å². The van der Waals surface area contributed by atoms with E-state index < -0.39 is 5.97 Å². The summed E-state index contributed by atoms with van der Waals surface area (Å²) >= 11 is 0. The van der Waals surface area contributed by atoms with E-state index in [-0.39, 0.29) is 17.4 Å². The van der Waals surface area contributed by atoms with Crippen LogP contribution in [-0.4, -0.2) is 23.2 Å². The van der Waals surface area contributed by atoms with Gasteiger partial charge in [-0.05, 0) is 11.1 Å². The summed E-state index contributed by atoms with van der Waals surface area (Å²) in [6, 6.07) is 21.5. The van der Waals surface area contributed by atoms with Gasteiger partial charge in [0.15, 0.2) is 0 Å². The number of nitrogens with zero attached hydrogens (tertiary/aromatic N) is 1. The van der Waals surface area contributed by atoms with Gasteiger partial charge in [-0.15, -0.1) is 0 Å². The van der Waals surface area contributed by atoms with Crippen LogP contribution in [0.1, 0.15) is 33.3 Å². The van der Waals surface area contributed by atoms with Crippen LogP contribution in [-0.2, 0) is 17.8 Å². The van der Waals surface area contributed by atoms with Gasteiger partial charge in [0.05, 0.1) is 19.4 Å². The monoisotopic (exact) mass is 363 g/mol. The van der Waals surface area contributed by atoms with Crippen LogP contribution in [0, 0.1) is 0 Å². The minimum absolute atomic E-state index is 0.0303. The van der Waals surface area contributed by atoms with Crippen molar-refractivity contribution in [2.24, 2.45) is 0 Å². The Hall–Kier alpha value is -3.18. The van der Waals surface area contributed by atoms with Gasteiger partial charge in [0.25, 0.3) is 0 Å². The number of aromatic carboxylic acids is 1. The topological polar surface area (TPSA) is 68.7 Å². The average molecular weight is 363 g/mol. The Morgan fingerprint density at radius 1 is 1.04 bits per heavy atom. The van der Waals surface area contributed by atoms with Gasteiger partial charge in [-0.3, -0.25) is 4.98 Å². The lowest BCUT2D eigenvalue weighted by atomic mass is 10.0. The molecule has 1 N–H and O–H groups in total. The third-order valence-electron chi connectivity index (χ3n) is 4.23. The van der Waals surface area contributed by atoms with Gasteiger partial charge in [-0.1, -0.05) is 60.7 Å². The first-order valence-electron chi connectivity index (χ1n) is 8.64. The van der Waals surface area contributed by atoms with E-state index in [1.54, 1.807) is 6.07 Å². The molecule has 0 bridgehead atoms. The second-order valence-electron chi connectivity index (χ2n) is 6.09. The highest BCUT2D eigenvalue weighted by Gasteiger charge is 2.19. The fourth-order valence-electron chi connectivity index (χ4n) is 2.81. The molecule has 0 aliphatic rings. The summed E-state index contributed by atoms with van der Waals surface area (Å²) < 4.78 is 11.4. The van der Waals surface area contributed by atoms with Crippen molar-refractivity contribution in [3.8, 4) is 5.75 Å². The van der Waals surface area contributed by atoms with Crippen LogP contribution in [0.25, 0.3) is 0 Å². The number of rotatable bonds is 8. The summed E-state index contributed by atoms with van der Waals surface area (Å²) in [5, 5.41) is 9.26. The molecule has 0 aliphatic carbocycles. The third kappa shape index (κ3) is 4.92. The van der Waals surface area contributed by atoms with Crippen LogP contribution >= 0.6 is 0 Å². The number of aromatic nitrogens is 1. The second-order valence-corrected chi connectivity index (χ2v) is 6.09. The first-order valence-corrected chi connectivity index (χ1v) is 8.64. The molecule has 0 fully saturated rings. The number of hydrogen-bond acceptors (Lipinski definition) is 4. The summed E-state index contributed by atoms with van der Waals surface area (Å²) in [5.74, 6) is -0.801. The van der Waals surface area contributed by atoms with Gasteiger partial charge < -0.3 is 14.6 Å². The zero-order valence-electron chi connectivity index (χ0n) is 15.0. The Bertz CT molecular complexity index is 881. The van der Waals surface area contributed by atoms with Crippen molar-refractivity contribution in [1.82, 2.24) is 4.98 Å². The van der Waals surface area contributed by atoms with Crippen molar-refractivity contribution in [2.75, 3.05) is 7.11 Å². The molecule has 2 aromatic carbocycles. The maximum atomic E-state index is 11.3. The number of pyridine rings is 1. The molecule has 0 radical (unpaired) electrons. The minimum Gasteiger partial charge on any atom is -0.496 e. The molecule has 1 heterocycles. The van der Waals surface area contributed by atoms with Crippen LogP contribution in [0.4, 0.5) is 0 Å². The quantitative estimate of drug-likeness (QED) is 0.647. The second kappa shape index (κ2) is 8.96. The fraction of sp³-hybridized carbons (Fsp3) is 0.182. The van der Waals surface area contributed by atoms with Gasteiger partial charge in [0.1, 0.15) is 17.4 Å². The number of carboxylic acid groups (broad SMARTS) is 1. The van der Waals surface area contributed by atoms with E-state index >= 15 is 0 Å². The number of carbonyl (C=O) groups is 1. The zero-order chi connectivity index (χ0) is 19.1. The Balaban J connectivity index is 1.87. The van der Waals surface area contributed by atoms with Crippen molar-refractivity contribution in [2.45, 2.75) is 19.1 Å². The molecule has 138 valence electrons. The first-order chi connectivity index (χ1) is 13.2. The first kappa shape index (κ1) is 18.6. The SMILES string of the molecule is COc1cc(C(Cc2ccccc2)OCc2ccccc2)ncc1C(=O)O. The summed E-state index contributed by atoms with van der Waals surface area (Å²) in [6.45, 7) is 0.434. The molecule has 3 rings (SSSR count). The van der Waals surface area contributed by atoms with Crippen molar-refractivity contribution in [3.63, 3.8) is 0 Å². The lowest BCUT2D eigenvalue weighted by molar-refractivity contribution is 0.0368. The average Bonchev–Trinajstić information content (AvgIpc) is 2.72. The predicted molar refractivity (Wildman–Crippen MR) is 102 cm³/mol. The fourth-order valence-corrected chi connectivity index (χ4v) is 2.81. The highest BCUT2D eigenvalue weighted by atomic mass is 16.5. The molecule has 0 saturated heterocycles. The number of methoxy groups -OCH3 is 1. The van der Waals surface area contributed by atoms with Crippen molar-refractivity contribution >= 4 is 5.97 Å². The van der Waals surface area contributed by atoms with Gasteiger partial charge in [0, 0.05) is 18.7 Å². The zero-order valence-corrected chi connectivity index (χ0v) is 15.0. The molecule has 1 atom stereocenters. The molecular weight excluding hydrogens is 342 g/mol. The molecule has 1 unspecified atom stereocenters. The van der Waals surface area contributed by atoms with E-state index in [0.717, 1.165) is 11.1 Å². The highest BCUT2D eigenvalue weighted by molar-refractivity contribution is 5.90. The van der Waals surface area contributed by atoms with E-state index in [1.165, 1.54) is 13.3 Å². The molecule has 5 heteroatoms. The largest absolute Gasteiger partial charge is 0.496 e. The third-order valence-corrected chi connectivity index (χ3v) is 4.23. The van der Waals surface area contributed by atoms with Gasteiger partial charge in [0.2, 0.25) is 0 Å². The van der Waals surface area contributed by atoms with Crippen LogP contribution in [0.5, 0.6) is 5.75 Å². The summed E-state index contributed by atoms with van der Waals surface area (Å²) in [7, 11) is 1.45. The predicted octanol–water partition coefficient (Wildman–Crippen LogP) is 4.29. The number of hydrogen-bond donors (Lipinski definition) is 1. The summed E-state index contributed by atoms with van der Waals surface area (Å²) in [5.41, 5.74) is 2.84. The van der Waals surface area contributed by atoms with Crippen molar-refractivity contribution in [1.29, 1.82) is 0 Å². The molecule has 0 saturated carbocycles. The lowest BCUT2D eigenvalue weighted by Gasteiger charge is -2.19. The molecular formula is C22H21NO4. The molecule has 0 spiro atoms. The molecule has 27 heavy (non-hydrogen) atoms. The summed E-state index contributed by atoms with van der Waals surface area (Å²) in [4.78, 5) is 15.6. The molecule has 0 aliphatic heterocycles. The van der Waals surface area contributed by atoms with E-state index in [4.69, 9.17) is 9.47 Å².